The van der Waals surface area contributed by atoms with Gasteiger partial charge in [0, 0.05) is 12.6 Å². The van der Waals surface area contributed by atoms with Crippen LogP contribution in [0.4, 0.5) is 132 Å². The van der Waals surface area contributed by atoms with Crippen LogP contribution in [0.2, 0.25) is 0 Å². The molecule has 0 aliphatic carbocycles. The highest BCUT2D eigenvalue weighted by atomic mass is 27.2. The lowest BCUT2D eigenvalue weighted by Crippen LogP contribution is -2.60. The third kappa shape index (κ3) is 17.2. The lowest BCUT2D eigenvalue weighted by Gasteiger charge is -2.24. The summed E-state index contributed by atoms with van der Waals surface area (Å²) in [6, 6.07) is 0.712. The van der Waals surface area contributed by atoms with E-state index in [1.807, 2.05) is 0 Å². The standard InChI is InChI=1S/C25H50N2.6C6F5.2Al/c1-3-5-7-9-11-13-15-17-19-21-25-23-26-24-27(25)22-20-18-16-14-12-10-8-6-4-2;6*7-2-1-3(8)5(10)6(11)4(2)9;;/h24-25H,3-23H2,1-2H3;;;;;;;;. The molecule has 0 N–H and O–H groups in total. The number of rotatable bonds is 26. The van der Waals surface area contributed by atoms with E-state index in [0.717, 1.165) is 6.54 Å². The Morgan fingerprint density at radius 2 is 0.421 bits per heavy atom. The molecule has 2 nitrogen and oxygen atoms in total. The molecular formula is C61H50Al2F30N2. The van der Waals surface area contributed by atoms with Gasteiger partial charge >= 0.3 is 28.3 Å². The minimum absolute atomic E-state index is 0.712. The molecule has 6 aromatic rings. The van der Waals surface area contributed by atoms with Crippen LogP contribution in [0.25, 0.3) is 0 Å². The van der Waals surface area contributed by atoms with Gasteiger partial charge in [-0.25, -0.2) is 132 Å². The fourth-order valence-electron chi connectivity index (χ4n) is 10.4. The van der Waals surface area contributed by atoms with Gasteiger partial charge in [0.15, 0.2) is 175 Å². The summed E-state index contributed by atoms with van der Waals surface area (Å²) in [5.74, 6) is -89.2. The molecule has 0 fully saturated rings. The van der Waals surface area contributed by atoms with Crippen LogP contribution in [0.5, 0.6) is 0 Å². The maximum atomic E-state index is 14.4. The first-order chi connectivity index (χ1) is 44.7. The molecule has 95 heavy (non-hydrogen) atoms. The summed E-state index contributed by atoms with van der Waals surface area (Å²) in [7, 11) is 0. The summed E-state index contributed by atoms with van der Waals surface area (Å²) >= 11 is -11.9. The van der Waals surface area contributed by atoms with E-state index in [1.165, 1.54) is 129 Å². The Labute approximate surface area is 530 Å². The van der Waals surface area contributed by atoms with E-state index in [9.17, 15) is 132 Å². The average molecular weight is 1430 g/mol. The molecule has 0 aromatic heterocycles. The minimum Gasteiger partial charge on any atom is -0.358 e. The van der Waals surface area contributed by atoms with E-state index < -0.39 is 229 Å². The molecule has 0 saturated carbocycles. The maximum absolute atomic E-state index is 14.4. The van der Waals surface area contributed by atoms with E-state index in [1.54, 1.807) is 0 Å². The molecule has 520 valence electrons. The van der Waals surface area contributed by atoms with Crippen molar-refractivity contribution in [1.29, 1.82) is 0 Å². The smallest absolute Gasteiger partial charge is 0.358 e. The van der Waals surface area contributed by atoms with Gasteiger partial charge in [-0.05, 0) is 39.4 Å². The Morgan fingerprint density at radius 3 is 0.621 bits per heavy atom. The Hall–Kier alpha value is -6.25. The first kappa shape index (κ1) is 79.4. The van der Waals surface area contributed by atoms with Gasteiger partial charge in [0.1, 0.15) is 0 Å². The molecule has 1 aliphatic rings. The molecule has 1 aliphatic heterocycles. The maximum Gasteiger partial charge on any atom is 0.413 e. The van der Waals surface area contributed by atoms with E-state index >= 15 is 0 Å². The van der Waals surface area contributed by atoms with Crippen LogP contribution in [0.1, 0.15) is 136 Å². The zero-order valence-corrected chi connectivity index (χ0v) is 51.7. The van der Waals surface area contributed by atoms with Crippen molar-refractivity contribution in [3.05, 3.63) is 175 Å². The fraction of sp³-hybridized carbons (Fsp3) is 0.393. The second-order valence-electron chi connectivity index (χ2n) is 21.6. The Balaban J connectivity index is 0.000000260. The number of nitrogens with zero attached hydrogens (tertiary/aromatic N) is 2. The SMILES string of the molecule is CCCCCCCCCCCC1CN=CN1CCCCCCCCCCC.Fc1c(F)c(F)[c]([Al]([c]2c(F)c(F)c(F)c(F)c2F)[c]2c(F)c(F)c(F)c(F)c2F)c(F)c1F.Fc1c(F)c(F)[c]([Al]([c]2c(F)c(F)c(F)c(F)c2F)[c]2c(F)c(F)c(F)c(F)c2F)c(F)c1F. The molecule has 0 saturated heterocycles. The van der Waals surface area contributed by atoms with Crippen molar-refractivity contribution in [3.63, 3.8) is 0 Å². The largest absolute Gasteiger partial charge is 0.413 e. The zero-order chi connectivity index (χ0) is 71.4. The van der Waals surface area contributed by atoms with Gasteiger partial charge in [0.25, 0.3) is 0 Å². The summed E-state index contributed by atoms with van der Waals surface area (Å²) in [6.07, 6.45) is 29.1. The normalized spacial score (nSPS) is 12.8. The topological polar surface area (TPSA) is 15.6 Å². The van der Waals surface area contributed by atoms with Crippen molar-refractivity contribution < 1.29 is 132 Å². The number of hydrogen-bond donors (Lipinski definition) is 0. The third-order valence-corrected chi connectivity index (χ3v) is 21.9. The number of aliphatic imine (C=N–C) groups is 1. The Kier molecular flexibility index (Phi) is 29.5. The number of hydrogen-bond acceptors (Lipinski definition) is 2. The van der Waals surface area contributed by atoms with E-state index in [-0.39, 0.29) is 0 Å². The molecule has 1 atom stereocenters. The predicted molar refractivity (Wildman–Crippen MR) is 290 cm³/mol. The second kappa shape index (κ2) is 35.3. The number of unbranched alkanes of at least 4 members (excludes halogenated alkanes) is 16. The molecule has 6 aromatic carbocycles. The van der Waals surface area contributed by atoms with Crippen molar-refractivity contribution in [2.75, 3.05) is 13.1 Å². The van der Waals surface area contributed by atoms with Gasteiger partial charge in [-0.2, -0.15) is 0 Å². The first-order valence-electron chi connectivity index (χ1n) is 29.0. The Bertz CT molecular complexity index is 3060. The number of halogens is 30. The molecule has 34 heteroatoms. The third-order valence-electron chi connectivity index (χ3n) is 15.4. The highest BCUT2D eigenvalue weighted by molar-refractivity contribution is 6.96. The van der Waals surface area contributed by atoms with Gasteiger partial charge in [0.05, 0.1) is 12.9 Å². The molecule has 0 amide bonds. The Morgan fingerprint density at radius 1 is 0.253 bits per heavy atom. The van der Waals surface area contributed by atoms with Crippen molar-refractivity contribution in [1.82, 2.24) is 4.90 Å². The minimum atomic E-state index is -5.96. The lowest BCUT2D eigenvalue weighted by atomic mass is 10.0. The monoisotopic (exact) mass is 1430 g/mol. The van der Waals surface area contributed by atoms with Crippen LogP contribution in [0.3, 0.4) is 0 Å². The second-order valence-corrected chi connectivity index (χ2v) is 26.8. The van der Waals surface area contributed by atoms with Gasteiger partial charge < -0.3 is 4.90 Å². The highest BCUT2D eigenvalue weighted by Gasteiger charge is 2.49. The zero-order valence-electron chi connectivity index (χ0n) is 49.4. The molecule has 0 spiro atoms. The van der Waals surface area contributed by atoms with Gasteiger partial charge in [0.2, 0.25) is 0 Å². The van der Waals surface area contributed by atoms with Gasteiger partial charge in [-0.3, -0.25) is 4.99 Å². The predicted octanol–water partition coefficient (Wildman–Crippen LogP) is 16.7. The van der Waals surface area contributed by atoms with E-state index in [2.05, 4.69) is 30.1 Å². The van der Waals surface area contributed by atoms with Gasteiger partial charge in [-0.15, -0.1) is 0 Å². The summed E-state index contributed by atoms with van der Waals surface area (Å²) in [5.41, 5.74) is 0. The molecule has 0 bridgehead atoms. The quantitative estimate of drug-likeness (QED) is 0.0174. The van der Waals surface area contributed by atoms with Crippen LogP contribution < -0.4 is 26.6 Å². The van der Waals surface area contributed by atoms with Crippen LogP contribution in [0, 0.1) is 175 Å². The molecule has 1 unspecified atom stereocenters. The summed E-state index contributed by atoms with van der Waals surface area (Å²) in [5, 5.41) is 0. The lowest BCUT2D eigenvalue weighted by molar-refractivity contribution is 0.315. The van der Waals surface area contributed by atoms with Crippen molar-refractivity contribution >= 4 is 61.2 Å². The molecule has 7 rings (SSSR count). The highest BCUT2D eigenvalue weighted by Crippen LogP contribution is 2.28. The summed E-state index contributed by atoms with van der Waals surface area (Å²) in [4.78, 5) is 7.11. The van der Waals surface area contributed by atoms with E-state index in [4.69, 9.17) is 0 Å². The fourth-order valence-corrected chi connectivity index (χ4v) is 16.7. The van der Waals surface area contributed by atoms with Crippen LogP contribution in [-0.4, -0.2) is 58.7 Å². The number of benzene rings is 6. The molecule has 1 heterocycles. The molecule has 0 radical (unpaired) electrons. The summed E-state index contributed by atoms with van der Waals surface area (Å²) in [6.45, 7) is 6.88. The van der Waals surface area contributed by atoms with Crippen LogP contribution in [0.15, 0.2) is 4.99 Å². The van der Waals surface area contributed by atoms with Crippen molar-refractivity contribution in [2.45, 2.75) is 142 Å². The van der Waals surface area contributed by atoms with Crippen LogP contribution in [-0.2, 0) is 0 Å². The van der Waals surface area contributed by atoms with E-state index in [0.29, 0.717) is 6.04 Å². The van der Waals surface area contributed by atoms with Crippen molar-refractivity contribution in [3.8, 4) is 0 Å². The van der Waals surface area contributed by atoms with Crippen molar-refractivity contribution in [2.24, 2.45) is 4.99 Å². The summed E-state index contributed by atoms with van der Waals surface area (Å²) < 4.78 is 403. The van der Waals surface area contributed by atoms with Gasteiger partial charge in [-0.1, -0.05) is 123 Å². The molecular weight excluding hydrogens is 1380 g/mol. The average Bonchev–Trinajstić information content (AvgIpc) is 0.756. The van der Waals surface area contributed by atoms with Crippen LogP contribution >= 0.6 is 0 Å². The first-order valence-corrected chi connectivity index (χ1v) is 32.5.